The first-order valence-corrected chi connectivity index (χ1v) is 7.59. The van der Waals surface area contributed by atoms with Crippen molar-refractivity contribution in [2.24, 2.45) is 0 Å². The van der Waals surface area contributed by atoms with Crippen LogP contribution in [0.5, 0.6) is 0 Å². The van der Waals surface area contributed by atoms with Crippen LogP contribution in [0.4, 0.5) is 15.8 Å². The van der Waals surface area contributed by atoms with Crippen LogP contribution >= 0.6 is 22.9 Å². The molecule has 0 saturated carbocycles. The molecule has 1 aromatic heterocycles. The number of rotatable bonds is 3. The van der Waals surface area contributed by atoms with Crippen molar-refractivity contribution in [3.05, 3.63) is 68.3 Å². The monoisotopic (exact) mass is 366 g/mol. The first-order valence-electron chi connectivity index (χ1n) is 6.39. The number of carbonyl (C=O) groups excluding carboxylic acids is 1. The number of non-ortho nitro benzene ring substituents is 1. The molecule has 124 valence electrons. The van der Waals surface area contributed by atoms with Crippen LogP contribution in [0.25, 0.3) is 10.1 Å². The Hall–Kier alpha value is -2.51. The summed E-state index contributed by atoms with van der Waals surface area (Å²) in [7, 11) is 0. The second-order valence-corrected chi connectivity index (χ2v) is 6.05. The van der Waals surface area contributed by atoms with Crippen LogP contribution in [0.1, 0.15) is 17.1 Å². The highest BCUT2D eigenvalue weighted by molar-refractivity contribution is 7.21. The first-order chi connectivity index (χ1) is 11.0. The van der Waals surface area contributed by atoms with Gasteiger partial charge in [0.2, 0.25) is 0 Å². The minimum Gasteiger partial charge on any atom is -0.319 e. The van der Waals surface area contributed by atoms with E-state index in [1.54, 1.807) is 12.1 Å². The van der Waals surface area contributed by atoms with Gasteiger partial charge in [-0.15, -0.1) is 11.3 Å². The van der Waals surface area contributed by atoms with E-state index in [0.29, 0.717) is 5.02 Å². The number of nitrogens with zero attached hydrogens (tertiary/aromatic N) is 1. The van der Waals surface area contributed by atoms with E-state index >= 15 is 0 Å². The summed E-state index contributed by atoms with van der Waals surface area (Å²) in [6.45, 7) is 0. The summed E-state index contributed by atoms with van der Waals surface area (Å²) in [5.41, 5.74) is -0.533. The third-order valence-corrected chi connectivity index (χ3v) is 4.83. The van der Waals surface area contributed by atoms with Gasteiger partial charge in [0.05, 0.1) is 21.7 Å². The molecule has 0 bridgehead atoms. The van der Waals surface area contributed by atoms with E-state index < -0.39 is 16.6 Å². The van der Waals surface area contributed by atoms with Gasteiger partial charge in [-0.3, -0.25) is 14.9 Å². The van der Waals surface area contributed by atoms with Gasteiger partial charge in [0.25, 0.3) is 11.6 Å². The Balaban J connectivity index is 0.00000208. The molecule has 5 nitrogen and oxygen atoms in total. The molecule has 3 rings (SSSR count). The smallest absolute Gasteiger partial charge is 0.272 e. The highest BCUT2D eigenvalue weighted by Crippen LogP contribution is 2.35. The number of halogens is 2. The van der Waals surface area contributed by atoms with Gasteiger partial charge >= 0.3 is 0 Å². The molecule has 8 heteroatoms. The van der Waals surface area contributed by atoms with E-state index in [4.69, 9.17) is 11.6 Å². The van der Waals surface area contributed by atoms with E-state index in [2.05, 4.69) is 5.32 Å². The summed E-state index contributed by atoms with van der Waals surface area (Å²) in [4.78, 5) is 22.4. The van der Waals surface area contributed by atoms with E-state index in [0.717, 1.165) is 28.3 Å². The summed E-state index contributed by atoms with van der Waals surface area (Å²) in [5.74, 6) is -1.45. The Morgan fingerprint density at radius 3 is 2.58 bits per heavy atom. The van der Waals surface area contributed by atoms with Crippen LogP contribution in [-0.4, -0.2) is 10.8 Å². The maximum Gasteiger partial charge on any atom is 0.272 e. The van der Waals surface area contributed by atoms with Gasteiger partial charge in [0, 0.05) is 16.2 Å². The average molecular weight is 367 g/mol. The molecule has 0 aliphatic carbocycles. The van der Waals surface area contributed by atoms with Crippen LogP contribution in [0.15, 0.2) is 42.5 Å². The number of hydrogen-bond acceptors (Lipinski definition) is 4. The Labute approximate surface area is 145 Å². The molecule has 0 fully saturated rings. The molecule has 1 heterocycles. The Morgan fingerprint density at radius 2 is 1.96 bits per heavy atom. The average Bonchev–Trinajstić information content (AvgIpc) is 2.87. The maximum absolute atomic E-state index is 13.8. The van der Waals surface area contributed by atoms with Crippen molar-refractivity contribution in [2.75, 3.05) is 5.32 Å². The molecule has 2 aromatic carbocycles. The number of fused-ring (bicyclic) bond motifs is 1. The standard InChI is InChI=1S/C15H8ClFN2O3S.CH4/c16-13-9-3-1-2-4-12(9)23-14(13)15(20)18-11-6-5-8(19(21)22)7-10(11)17;/h1-7H,(H,18,20);1H4. The molecule has 0 unspecified atom stereocenters. The molecule has 1 N–H and O–H groups in total. The Kier molecular flexibility index (Phi) is 5.16. The topological polar surface area (TPSA) is 72.2 Å². The highest BCUT2D eigenvalue weighted by Gasteiger charge is 2.19. The molecule has 0 aliphatic heterocycles. The fourth-order valence-electron chi connectivity index (χ4n) is 2.06. The van der Waals surface area contributed by atoms with Crippen molar-refractivity contribution >= 4 is 50.3 Å². The zero-order valence-electron chi connectivity index (χ0n) is 11.4. The fraction of sp³-hybridized carbons (Fsp3) is 0.0625. The molecule has 1 amide bonds. The number of nitrogens with one attached hydrogen (secondary N) is 1. The second-order valence-electron chi connectivity index (χ2n) is 4.62. The molecule has 0 spiro atoms. The van der Waals surface area contributed by atoms with Gasteiger partial charge in [-0.05, 0) is 12.1 Å². The molecule has 0 saturated heterocycles. The van der Waals surface area contributed by atoms with E-state index in [1.165, 1.54) is 11.3 Å². The molecule has 3 aromatic rings. The first kappa shape index (κ1) is 17.8. The number of benzene rings is 2. The lowest BCUT2D eigenvalue weighted by Crippen LogP contribution is -2.12. The van der Waals surface area contributed by atoms with Crippen molar-refractivity contribution in [3.8, 4) is 0 Å². The number of hydrogen-bond donors (Lipinski definition) is 1. The van der Waals surface area contributed by atoms with Crippen LogP contribution < -0.4 is 5.32 Å². The lowest BCUT2D eigenvalue weighted by atomic mass is 10.2. The summed E-state index contributed by atoms with van der Waals surface area (Å²) in [6, 6.07) is 10.3. The van der Waals surface area contributed by atoms with Crippen molar-refractivity contribution in [1.29, 1.82) is 0 Å². The molecular weight excluding hydrogens is 355 g/mol. The zero-order valence-corrected chi connectivity index (χ0v) is 13.0. The Bertz CT molecular complexity index is 942. The number of carbonyl (C=O) groups is 1. The SMILES string of the molecule is C.O=C(Nc1ccc([N+](=O)[O-])cc1F)c1sc2ccccc2c1Cl. The highest BCUT2D eigenvalue weighted by atomic mass is 35.5. The number of amides is 1. The Morgan fingerprint density at radius 1 is 1.25 bits per heavy atom. The van der Waals surface area contributed by atoms with Gasteiger partial charge in [0.1, 0.15) is 4.88 Å². The van der Waals surface area contributed by atoms with E-state index in [1.807, 2.05) is 12.1 Å². The summed E-state index contributed by atoms with van der Waals surface area (Å²) in [6.07, 6.45) is 0. The molecule has 0 atom stereocenters. The maximum atomic E-state index is 13.8. The molecular formula is C16H12ClFN2O3S. The van der Waals surface area contributed by atoms with Crippen molar-refractivity contribution in [3.63, 3.8) is 0 Å². The summed E-state index contributed by atoms with van der Waals surface area (Å²) in [5, 5.41) is 14.0. The normalized spacial score (nSPS) is 10.2. The van der Waals surface area contributed by atoms with Gasteiger partial charge in [-0.1, -0.05) is 37.2 Å². The lowest BCUT2D eigenvalue weighted by Gasteiger charge is -2.05. The quantitative estimate of drug-likeness (QED) is 0.492. The molecule has 0 aliphatic rings. The van der Waals surface area contributed by atoms with Crippen LogP contribution in [0.2, 0.25) is 5.02 Å². The van der Waals surface area contributed by atoms with Crippen molar-refractivity contribution in [1.82, 2.24) is 0 Å². The molecule has 24 heavy (non-hydrogen) atoms. The van der Waals surface area contributed by atoms with E-state index in [9.17, 15) is 19.3 Å². The van der Waals surface area contributed by atoms with Crippen LogP contribution in [0.3, 0.4) is 0 Å². The zero-order chi connectivity index (χ0) is 16.6. The summed E-state index contributed by atoms with van der Waals surface area (Å²) < 4.78 is 14.7. The van der Waals surface area contributed by atoms with Gasteiger partial charge in [-0.25, -0.2) is 4.39 Å². The van der Waals surface area contributed by atoms with Crippen LogP contribution in [-0.2, 0) is 0 Å². The largest absolute Gasteiger partial charge is 0.319 e. The minimum absolute atomic E-state index is 0. The van der Waals surface area contributed by atoms with Gasteiger partial charge < -0.3 is 5.32 Å². The van der Waals surface area contributed by atoms with Crippen molar-refractivity contribution < 1.29 is 14.1 Å². The third-order valence-electron chi connectivity index (χ3n) is 3.15. The minimum atomic E-state index is -0.884. The van der Waals surface area contributed by atoms with Gasteiger partial charge in [-0.2, -0.15) is 0 Å². The number of anilines is 1. The number of nitro benzene ring substituents is 1. The van der Waals surface area contributed by atoms with Crippen LogP contribution in [0, 0.1) is 15.9 Å². The third kappa shape index (κ3) is 3.22. The van der Waals surface area contributed by atoms with E-state index in [-0.39, 0.29) is 23.7 Å². The predicted octanol–water partition coefficient (Wildman–Crippen LogP) is 5.49. The fourth-order valence-corrected chi connectivity index (χ4v) is 3.47. The predicted molar refractivity (Wildman–Crippen MR) is 94.6 cm³/mol. The number of thiophene rings is 1. The number of nitro groups is 1. The summed E-state index contributed by atoms with van der Waals surface area (Å²) >= 11 is 7.38. The second kappa shape index (κ2) is 6.94. The molecule has 0 radical (unpaired) electrons. The van der Waals surface area contributed by atoms with Crippen molar-refractivity contribution in [2.45, 2.75) is 7.43 Å². The van der Waals surface area contributed by atoms with Gasteiger partial charge in [0.15, 0.2) is 5.82 Å². The lowest BCUT2D eigenvalue weighted by molar-refractivity contribution is -0.385.